The summed E-state index contributed by atoms with van der Waals surface area (Å²) in [5, 5.41) is 3.44. The van der Waals surface area contributed by atoms with Crippen LogP contribution in [0.15, 0.2) is 0 Å². The molecule has 0 rings (SSSR count). The normalized spacial score (nSPS) is 13.2. The van der Waals surface area contributed by atoms with Gasteiger partial charge < -0.3 is 10.1 Å². The molecule has 0 aromatic heterocycles. The lowest BCUT2D eigenvalue weighted by Gasteiger charge is -2.15. The van der Waals surface area contributed by atoms with Crippen molar-refractivity contribution in [2.45, 2.75) is 52.5 Å². The molecule has 13 heavy (non-hydrogen) atoms. The quantitative estimate of drug-likeness (QED) is 0.560. The predicted octanol–water partition coefficient (Wildman–Crippen LogP) is 2.58. The van der Waals surface area contributed by atoms with Gasteiger partial charge in [0, 0.05) is 19.3 Å². The molecule has 1 N–H and O–H groups in total. The van der Waals surface area contributed by atoms with Crippen LogP contribution in [0, 0.1) is 0 Å². The zero-order valence-electron chi connectivity index (χ0n) is 9.44. The molecule has 0 aliphatic carbocycles. The van der Waals surface area contributed by atoms with Gasteiger partial charge in [0.2, 0.25) is 0 Å². The van der Waals surface area contributed by atoms with Crippen LogP contribution in [-0.4, -0.2) is 25.8 Å². The molecule has 80 valence electrons. The van der Waals surface area contributed by atoms with Gasteiger partial charge in [-0.25, -0.2) is 0 Å². The Bertz CT molecular complexity index is 96.1. The van der Waals surface area contributed by atoms with Crippen molar-refractivity contribution in [3.8, 4) is 0 Å². The van der Waals surface area contributed by atoms with Crippen LogP contribution in [0.1, 0.15) is 46.5 Å². The summed E-state index contributed by atoms with van der Waals surface area (Å²) in [6.45, 7) is 9.47. The van der Waals surface area contributed by atoms with E-state index in [9.17, 15) is 0 Å². The number of ether oxygens (including phenoxy) is 1. The molecule has 0 aromatic rings. The van der Waals surface area contributed by atoms with E-state index in [1.54, 1.807) is 0 Å². The Morgan fingerprint density at radius 2 is 1.92 bits per heavy atom. The molecule has 0 bridgehead atoms. The second-order valence-electron chi connectivity index (χ2n) is 3.42. The van der Waals surface area contributed by atoms with Crippen LogP contribution in [0.3, 0.4) is 0 Å². The van der Waals surface area contributed by atoms with Gasteiger partial charge >= 0.3 is 0 Å². The van der Waals surface area contributed by atoms with E-state index < -0.39 is 0 Å². The Labute approximate surface area is 83.1 Å². The minimum Gasteiger partial charge on any atom is -0.381 e. The summed E-state index contributed by atoms with van der Waals surface area (Å²) in [5.74, 6) is 0. The average Bonchev–Trinajstić information content (AvgIpc) is 2.16. The number of rotatable bonds is 9. The average molecular weight is 187 g/mol. The first-order valence-corrected chi connectivity index (χ1v) is 5.66. The maximum Gasteiger partial charge on any atom is 0.0480 e. The molecule has 0 aliphatic heterocycles. The van der Waals surface area contributed by atoms with E-state index >= 15 is 0 Å². The summed E-state index contributed by atoms with van der Waals surface area (Å²) in [4.78, 5) is 0. The summed E-state index contributed by atoms with van der Waals surface area (Å²) in [6, 6.07) is 0.645. The summed E-state index contributed by atoms with van der Waals surface area (Å²) in [7, 11) is 0. The van der Waals surface area contributed by atoms with Gasteiger partial charge in [-0.1, -0.05) is 27.2 Å². The van der Waals surface area contributed by atoms with Crippen LogP contribution in [0.4, 0.5) is 0 Å². The third kappa shape index (κ3) is 8.26. The molecule has 0 radical (unpaired) electrons. The van der Waals surface area contributed by atoms with Crippen molar-refractivity contribution in [3.63, 3.8) is 0 Å². The van der Waals surface area contributed by atoms with E-state index in [-0.39, 0.29) is 0 Å². The minimum absolute atomic E-state index is 0.645. The fourth-order valence-electron chi connectivity index (χ4n) is 1.31. The molecule has 1 unspecified atom stereocenters. The molecule has 2 heteroatoms. The van der Waals surface area contributed by atoms with Gasteiger partial charge in [-0.15, -0.1) is 0 Å². The van der Waals surface area contributed by atoms with Crippen molar-refractivity contribution in [3.05, 3.63) is 0 Å². The number of unbranched alkanes of at least 4 members (excludes halogenated alkanes) is 1. The number of hydrogen-bond acceptors (Lipinski definition) is 2. The largest absolute Gasteiger partial charge is 0.381 e. The van der Waals surface area contributed by atoms with Gasteiger partial charge in [0.15, 0.2) is 0 Å². The maximum atomic E-state index is 5.51. The standard InChI is InChI=1S/C11H25NO/c1-4-7-9-13-10-8-11(5-2)12-6-3/h11-12H,4-10H2,1-3H3. The zero-order chi connectivity index (χ0) is 9.94. The van der Waals surface area contributed by atoms with Crippen molar-refractivity contribution in [1.82, 2.24) is 5.32 Å². The summed E-state index contributed by atoms with van der Waals surface area (Å²) in [6.07, 6.45) is 4.77. The lowest BCUT2D eigenvalue weighted by molar-refractivity contribution is 0.121. The van der Waals surface area contributed by atoms with E-state index in [0.29, 0.717) is 6.04 Å². The number of nitrogens with one attached hydrogen (secondary N) is 1. The minimum atomic E-state index is 0.645. The van der Waals surface area contributed by atoms with Crippen molar-refractivity contribution in [2.24, 2.45) is 0 Å². The lowest BCUT2D eigenvalue weighted by atomic mass is 10.1. The smallest absolute Gasteiger partial charge is 0.0480 e. The highest BCUT2D eigenvalue weighted by Gasteiger charge is 2.02. The number of hydrogen-bond donors (Lipinski definition) is 1. The van der Waals surface area contributed by atoms with Gasteiger partial charge in [-0.3, -0.25) is 0 Å². The topological polar surface area (TPSA) is 21.3 Å². The van der Waals surface area contributed by atoms with E-state index in [1.807, 2.05) is 0 Å². The molecule has 1 atom stereocenters. The first-order chi connectivity index (χ1) is 6.35. The van der Waals surface area contributed by atoms with E-state index in [2.05, 4.69) is 26.1 Å². The first kappa shape index (κ1) is 12.9. The molecule has 0 aliphatic rings. The van der Waals surface area contributed by atoms with E-state index in [1.165, 1.54) is 19.3 Å². The third-order valence-electron chi connectivity index (χ3n) is 2.24. The van der Waals surface area contributed by atoms with Crippen LogP contribution in [-0.2, 0) is 4.74 Å². The van der Waals surface area contributed by atoms with Gasteiger partial charge in [0.05, 0.1) is 0 Å². The Balaban J connectivity index is 3.17. The Morgan fingerprint density at radius 1 is 1.15 bits per heavy atom. The Kier molecular flexibility index (Phi) is 9.94. The van der Waals surface area contributed by atoms with Crippen LogP contribution in [0.5, 0.6) is 0 Å². The van der Waals surface area contributed by atoms with Gasteiger partial charge in [-0.2, -0.15) is 0 Å². The van der Waals surface area contributed by atoms with Crippen LogP contribution in [0.2, 0.25) is 0 Å². The molecule has 0 aromatic carbocycles. The SMILES string of the molecule is CCCCOCCC(CC)NCC. The van der Waals surface area contributed by atoms with E-state index in [0.717, 1.165) is 26.2 Å². The van der Waals surface area contributed by atoms with Crippen molar-refractivity contribution in [2.75, 3.05) is 19.8 Å². The fraction of sp³-hybridized carbons (Fsp3) is 1.00. The summed E-state index contributed by atoms with van der Waals surface area (Å²) >= 11 is 0. The van der Waals surface area contributed by atoms with Crippen molar-refractivity contribution in [1.29, 1.82) is 0 Å². The first-order valence-electron chi connectivity index (χ1n) is 5.66. The van der Waals surface area contributed by atoms with Gasteiger partial charge in [0.1, 0.15) is 0 Å². The maximum absolute atomic E-state index is 5.51. The fourth-order valence-corrected chi connectivity index (χ4v) is 1.31. The van der Waals surface area contributed by atoms with Crippen LogP contribution in [0.25, 0.3) is 0 Å². The van der Waals surface area contributed by atoms with Gasteiger partial charge in [0.25, 0.3) is 0 Å². The van der Waals surface area contributed by atoms with Gasteiger partial charge in [-0.05, 0) is 25.8 Å². The molecular weight excluding hydrogens is 162 g/mol. The lowest BCUT2D eigenvalue weighted by Crippen LogP contribution is -2.29. The monoisotopic (exact) mass is 187 g/mol. The van der Waals surface area contributed by atoms with Crippen LogP contribution >= 0.6 is 0 Å². The summed E-state index contributed by atoms with van der Waals surface area (Å²) in [5.41, 5.74) is 0. The molecule has 0 amide bonds. The Morgan fingerprint density at radius 3 is 2.46 bits per heavy atom. The molecule has 0 saturated heterocycles. The summed E-state index contributed by atoms with van der Waals surface area (Å²) < 4.78 is 5.51. The van der Waals surface area contributed by atoms with Crippen molar-refractivity contribution < 1.29 is 4.74 Å². The zero-order valence-corrected chi connectivity index (χ0v) is 9.44. The molecule has 0 spiro atoms. The molecule has 2 nitrogen and oxygen atoms in total. The van der Waals surface area contributed by atoms with Crippen LogP contribution < -0.4 is 5.32 Å². The molecule has 0 fully saturated rings. The molecule has 0 heterocycles. The molecule has 0 saturated carbocycles. The predicted molar refractivity (Wildman–Crippen MR) is 58.1 cm³/mol. The highest BCUT2D eigenvalue weighted by Crippen LogP contribution is 1.98. The highest BCUT2D eigenvalue weighted by atomic mass is 16.5. The molecular formula is C11H25NO. The Hall–Kier alpha value is -0.0800. The third-order valence-corrected chi connectivity index (χ3v) is 2.24. The second-order valence-corrected chi connectivity index (χ2v) is 3.42. The second kappa shape index (κ2) is 10.0. The van der Waals surface area contributed by atoms with Crippen molar-refractivity contribution >= 4 is 0 Å². The highest BCUT2D eigenvalue weighted by molar-refractivity contribution is 4.62. The van der Waals surface area contributed by atoms with E-state index in [4.69, 9.17) is 4.74 Å².